The molecule has 28 heteroatoms. The summed E-state index contributed by atoms with van der Waals surface area (Å²) in [6.07, 6.45) is 14.1. The molecule has 0 fully saturated rings. The number of carboxylic acid groups (broad SMARTS) is 2. The molecule has 0 radical (unpaired) electrons. The smallest absolute Gasteiger partial charge is 0.319 e. The molecule has 7 aromatic carbocycles. The summed E-state index contributed by atoms with van der Waals surface area (Å²) >= 11 is 48.2. The maximum absolute atomic E-state index is 12.3. The molecular formula is C90H107N3O10S15. The van der Waals surface area contributed by atoms with E-state index >= 15 is 0 Å². The Morgan fingerprint density at radius 1 is 0.449 bits per heavy atom. The molecule has 0 bridgehead atoms. The number of amides is 2. The summed E-state index contributed by atoms with van der Waals surface area (Å²) in [6, 6.07) is 66.0. The number of nitriles is 2. The fraction of sp³-hybridized carbons (Fsp3) is 0.378. The lowest BCUT2D eigenvalue weighted by Crippen LogP contribution is -2.29. The molecule has 0 spiro atoms. The molecule has 118 heavy (non-hydrogen) atoms. The number of ether oxygens (including phenoxy) is 1. The summed E-state index contributed by atoms with van der Waals surface area (Å²) in [5.41, 5.74) is 8.78. The zero-order chi connectivity index (χ0) is 88.1. The van der Waals surface area contributed by atoms with E-state index in [1.165, 1.54) is 133 Å². The Hall–Kier alpha value is -5.58. The Bertz CT molecular complexity index is 4350. The number of carboxylic acids is 2. The van der Waals surface area contributed by atoms with Gasteiger partial charge in [-0.15, -0.1) is 47.0 Å². The van der Waals surface area contributed by atoms with Crippen LogP contribution in [0.4, 0.5) is 0 Å². The second-order valence-corrected chi connectivity index (χ2v) is 44.1. The fourth-order valence-corrected chi connectivity index (χ4v) is 20.0. The maximum Gasteiger partial charge on any atom is 0.319 e. The Balaban J connectivity index is 0.000000473. The first-order valence-corrected chi connectivity index (χ1v) is 48.1. The van der Waals surface area contributed by atoms with Gasteiger partial charge in [0.1, 0.15) is 17.8 Å². The van der Waals surface area contributed by atoms with Gasteiger partial charge in [-0.2, -0.15) is 10.5 Å². The number of carbonyl (C=O) groups is 5. The number of thioether (sulfide) groups is 8. The van der Waals surface area contributed by atoms with E-state index in [4.69, 9.17) is 116 Å². The Morgan fingerprint density at radius 3 is 1.21 bits per heavy atom. The molecule has 7 aromatic rings. The van der Waals surface area contributed by atoms with Gasteiger partial charge in [-0.05, 0) is 131 Å². The summed E-state index contributed by atoms with van der Waals surface area (Å²) in [4.78, 5) is 58.0. The zero-order valence-corrected chi connectivity index (χ0v) is 80.9. The minimum absolute atomic E-state index is 0.0186. The lowest BCUT2D eigenvalue weighted by molar-refractivity contribution is -0.140. The lowest BCUT2D eigenvalue weighted by atomic mass is 10.1. The van der Waals surface area contributed by atoms with Crippen LogP contribution >= 0.6 is 180 Å². The van der Waals surface area contributed by atoms with Gasteiger partial charge in [0, 0.05) is 21.1 Å². The highest BCUT2D eigenvalue weighted by atomic mass is 32.2. The second kappa shape index (κ2) is 60.8. The molecule has 632 valence electrons. The van der Waals surface area contributed by atoms with E-state index in [0.717, 1.165) is 70.8 Å². The van der Waals surface area contributed by atoms with Crippen molar-refractivity contribution >= 4 is 238 Å². The third kappa shape index (κ3) is 47.7. The van der Waals surface area contributed by atoms with Crippen molar-refractivity contribution in [2.45, 2.75) is 191 Å². The average Bonchev–Trinajstić information content (AvgIpc) is 1.64. The topological polar surface area (TPSA) is 226 Å². The first-order valence-electron chi connectivity index (χ1n) is 38.0. The number of aliphatic hydroxyl groups is 2. The number of rotatable bonds is 33. The number of fused-ring (bicyclic) bond motifs is 1. The van der Waals surface area contributed by atoms with Crippen LogP contribution in [-0.4, -0.2) is 127 Å². The van der Waals surface area contributed by atoms with Gasteiger partial charge in [0.15, 0.2) is 0 Å². The van der Waals surface area contributed by atoms with Gasteiger partial charge in [0.25, 0.3) is 11.8 Å². The highest BCUT2D eigenvalue weighted by Gasteiger charge is 2.35. The largest absolute Gasteiger partial charge is 0.481 e. The quantitative estimate of drug-likeness (QED) is 0.0130. The van der Waals surface area contributed by atoms with Crippen molar-refractivity contribution in [2.24, 2.45) is 0 Å². The van der Waals surface area contributed by atoms with Gasteiger partial charge in [-0.3, -0.25) is 28.9 Å². The van der Waals surface area contributed by atoms with Gasteiger partial charge in [-0.25, -0.2) is 0 Å². The molecule has 1 aliphatic heterocycles. The molecule has 4 N–H and O–H groups in total. The lowest BCUT2D eigenvalue weighted by Gasteiger charge is -2.23. The molecule has 0 atom stereocenters. The monoisotopic (exact) mass is 1870 g/mol. The summed E-state index contributed by atoms with van der Waals surface area (Å²) in [5, 5.41) is 53.5. The molecule has 1 heterocycles. The van der Waals surface area contributed by atoms with Crippen molar-refractivity contribution in [1.29, 1.82) is 10.5 Å². The summed E-state index contributed by atoms with van der Waals surface area (Å²) in [5.74, 6) is 0.149. The molecule has 13 nitrogen and oxygen atoms in total. The van der Waals surface area contributed by atoms with E-state index in [1.807, 2.05) is 163 Å². The minimum atomic E-state index is -0.818. The molecule has 0 unspecified atom stereocenters. The van der Waals surface area contributed by atoms with E-state index < -0.39 is 26.2 Å². The van der Waals surface area contributed by atoms with Crippen LogP contribution in [0, 0.1) is 22.7 Å². The van der Waals surface area contributed by atoms with Crippen LogP contribution in [0.1, 0.15) is 218 Å². The zero-order valence-electron chi connectivity index (χ0n) is 68.6. The first kappa shape index (κ1) is 108. The highest BCUT2D eigenvalue weighted by Crippen LogP contribution is 2.35. The number of nitrogens with zero attached hydrogens (tertiary/aromatic N) is 3. The Labute approximate surface area is 771 Å². The fourth-order valence-electron chi connectivity index (χ4n) is 9.37. The normalized spacial score (nSPS) is 11.2. The van der Waals surface area contributed by atoms with E-state index in [-0.39, 0.29) is 48.0 Å². The van der Waals surface area contributed by atoms with Crippen molar-refractivity contribution in [3.63, 3.8) is 0 Å². The highest BCUT2D eigenvalue weighted by molar-refractivity contribution is 8.47. The number of imide groups is 1. The number of benzene rings is 7. The third-order valence-corrected chi connectivity index (χ3v) is 27.6. The van der Waals surface area contributed by atoms with E-state index in [0.29, 0.717) is 38.3 Å². The van der Waals surface area contributed by atoms with Gasteiger partial charge in [-0.1, -0.05) is 393 Å². The Morgan fingerprint density at radius 2 is 0.822 bits per heavy atom. The van der Waals surface area contributed by atoms with Crippen LogP contribution in [0.3, 0.4) is 0 Å². The predicted molar refractivity (Wildman–Crippen MR) is 536 cm³/mol. The molecule has 1 aliphatic rings. The number of aliphatic hydroxyl groups excluding tert-OH is 2. The summed E-state index contributed by atoms with van der Waals surface area (Å²) < 4.78 is 8.14. The number of carbonyl (C=O) groups excluding carboxylic acids is 3. The van der Waals surface area contributed by atoms with Gasteiger partial charge in [0.05, 0.1) is 75.7 Å². The van der Waals surface area contributed by atoms with Crippen molar-refractivity contribution in [3.05, 3.63) is 250 Å². The maximum atomic E-state index is 12.3. The number of hydrogen-bond donors (Lipinski definition) is 4. The standard InChI is InChI=1S/C17H13NO3S2.C17H32O2S3.C14H12S2.C13H16O2S2.C12H13NOS2.C11H11NS2.C6H10O2S2/c19-9-11-5-7-12(8-6-11)17(22)23-10-18-15(20)13-3-1-2-4-14(13)16(18)21;1-4-5-6-7-8-9-10-11-12-13-14-21-16(20)22-17(2,3)15(18)19;15-14(13-9-5-2-6-10-13)16-11-12-7-3-1-4-8-12;1-13(2,9-8-11(14)15)17-12(16)10-6-4-3-5-7-10;1-12(2,8-13)16-11(15)10-5-3-9(7-14)4-6-10;1-11(2,8-12)14-10(13)9-6-4-3-5-7-9;1-3-8-6(7)4-10-5(2)9/h1-8,19H,9-10H2;4-14H2,1-3H3,(H,18,19);1-10H,11H2;3-7H,8-9H2,1-2H3,(H,14,15);3-6,14H,7H2,1-2H3;3-7H,1-2H3;3-4H2,1-2H3. The van der Waals surface area contributed by atoms with Crippen molar-refractivity contribution in [3.8, 4) is 12.1 Å². The van der Waals surface area contributed by atoms with Crippen molar-refractivity contribution in [1.82, 2.24) is 4.90 Å². The van der Waals surface area contributed by atoms with Crippen LogP contribution in [0.25, 0.3) is 0 Å². The average molecular weight is 1870 g/mol. The van der Waals surface area contributed by atoms with Crippen molar-refractivity contribution < 1.29 is 49.1 Å². The molecule has 0 aromatic heterocycles. The predicted octanol–water partition coefficient (Wildman–Crippen LogP) is 25.3. The minimum Gasteiger partial charge on any atom is -0.481 e. The van der Waals surface area contributed by atoms with Gasteiger partial charge < -0.3 is 25.2 Å². The SMILES string of the molecule is CC(C)(C#N)SC(=S)c1ccc(CO)cc1.CC(C)(C#N)SC(=S)c1ccccc1.CC(C)(CCC(=O)O)SC(=S)c1ccccc1.CCCCCCCCCCCCSC(=S)SC(C)(C)C(=O)O.CCOC(=O)CSC(C)=S.O=C1c2ccccc2C(=O)N1CSC(=S)c1ccc(CO)cc1.S=C(SCc1ccccc1)c1ccccc1. The summed E-state index contributed by atoms with van der Waals surface area (Å²) in [6.45, 7) is 21.1. The molecule has 0 saturated carbocycles. The van der Waals surface area contributed by atoms with Crippen LogP contribution in [0.15, 0.2) is 194 Å². The number of thiocarbonyl (C=S) groups is 7. The van der Waals surface area contributed by atoms with E-state index in [1.54, 1.807) is 99.4 Å². The van der Waals surface area contributed by atoms with Gasteiger partial charge in [0.2, 0.25) is 0 Å². The number of unbranched alkanes of at least 4 members (excludes halogenated alkanes) is 9. The van der Waals surface area contributed by atoms with Crippen LogP contribution in [-0.2, 0) is 38.1 Å². The number of esters is 1. The van der Waals surface area contributed by atoms with E-state index in [9.17, 15) is 24.0 Å². The van der Waals surface area contributed by atoms with Crippen LogP contribution in [0.2, 0.25) is 0 Å². The molecule has 8 rings (SSSR count). The van der Waals surface area contributed by atoms with Crippen molar-refractivity contribution in [2.75, 3.05) is 24.0 Å². The van der Waals surface area contributed by atoms with Crippen LogP contribution < -0.4 is 0 Å². The van der Waals surface area contributed by atoms with E-state index in [2.05, 4.69) is 60.2 Å². The number of aliphatic carboxylic acids is 2. The molecule has 0 aliphatic carbocycles. The second-order valence-electron chi connectivity index (χ2n) is 27.9. The third-order valence-electron chi connectivity index (χ3n) is 16.0. The molecule has 2 amide bonds. The van der Waals surface area contributed by atoms with Crippen LogP contribution in [0.5, 0.6) is 0 Å². The number of hydrogen-bond acceptors (Lipinski definition) is 25. The van der Waals surface area contributed by atoms with Gasteiger partial charge >= 0.3 is 17.9 Å². The molecular weight excluding hydrogens is 1760 g/mol. The summed E-state index contributed by atoms with van der Waals surface area (Å²) in [7, 11) is 0. The Kier molecular flexibility index (Phi) is 55.9. The molecule has 0 saturated heterocycles. The first-order chi connectivity index (χ1) is 56.0.